The van der Waals surface area contributed by atoms with Crippen LogP contribution >= 0.6 is 0 Å². The molecule has 1 saturated heterocycles. The van der Waals surface area contributed by atoms with Gasteiger partial charge in [-0.3, -0.25) is 9.59 Å². The van der Waals surface area contributed by atoms with Crippen LogP contribution in [-0.2, 0) is 14.3 Å². The van der Waals surface area contributed by atoms with Gasteiger partial charge in [0, 0.05) is 26.2 Å². The highest BCUT2D eigenvalue weighted by Gasteiger charge is 2.31. The number of carboxylic acid groups (broad SMARTS) is 1. The molecule has 0 aromatic heterocycles. The van der Waals surface area contributed by atoms with E-state index >= 15 is 0 Å². The zero-order valence-electron chi connectivity index (χ0n) is 10.1. The number of likely N-dealkylation sites (tertiary alicyclic amines) is 1. The molecule has 0 aromatic carbocycles. The van der Waals surface area contributed by atoms with E-state index in [2.05, 4.69) is 0 Å². The molecular weight excluding hydrogens is 224 g/mol. The van der Waals surface area contributed by atoms with Crippen LogP contribution in [0.5, 0.6) is 0 Å². The number of hydrogen-bond donors (Lipinski definition) is 2. The standard InChI is InChI=1S/C11H20N2O4/c1-2-17-9(6-12)5-10(14)13-4-3-8(7-13)11(15)16/h8-9H,2-7,12H2,1H3,(H,15,16). The Hall–Kier alpha value is -1.14. The van der Waals surface area contributed by atoms with E-state index in [0.717, 1.165) is 0 Å². The van der Waals surface area contributed by atoms with Crippen LogP contribution in [0, 0.1) is 5.92 Å². The van der Waals surface area contributed by atoms with E-state index < -0.39 is 11.9 Å². The molecule has 0 aliphatic carbocycles. The normalized spacial score (nSPS) is 21.5. The van der Waals surface area contributed by atoms with Gasteiger partial charge in [-0.1, -0.05) is 0 Å². The molecule has 17 heavy (non-hydrogen) atoms. The van der Waals surface area contributed by atoms with Crippen molar-refractivity contribution in [3.8, 4) is 0 Å². The second-order valence-corrected chi connectivity index (χ2v) is 4.18. The molecule has 6 nitrogen and oxygen atoms in total. The molecule has 1 rings (SSSR count). The monoisotopic (exact) mass is 244 g/mol. The van der Waals surface area contributed by atoms with Gasteiger partial charge < -0.3 is 20.5 Å². The van der Waals surface area contributed by atoms with Gasteiger partial charge in [0.2, 0.25) is 5.91 Å². The molecule has 0 spiro atoms. The molecule has 0 aromatic rings. The van der Waals surface area contributed by atoms with Gasteiger partial charge in [0.15, 0.2) is 0 Å². The highest BCUT2D eigenvalue weighted by atomic mass is 16.5. The Morgan fingerprint density at radius 3 is 2.76 bits per heavy atom. The van der Waals surface area contributed by atoms with E-state index in [0.29, 0.717) is 32.7 Å². The fraction of sp³-hybridized carbons (Fsp3) is 0.818. The summed E-state index contributed by atoms with van der Waals surface area (Å²) in [5.41, 5.74) is 5.49. The summed E-state index contributed by atoms with van der Waals surface area (Å²) in [7, 11) is 0. The minimum absolute atomic E-state index is 0.0716. The molecular formula is C11H20N2O4. The van der Waals surface area contributed by atoms with Gasteiger partial charge in [0.05, 0.1) is 18.4 Å². The van der Waals surface area contributed by atoms with E-state index in [1.807, 2.05) is 6.92 Å². The molecule has 98 valence electrons. The van der Waals surface area contributed by atoms with Crippen molar-refractivity contribution in [1.82, 2.24) is 4.90 Å². The number of ether oxygens (including phenoxy) is 1. The zero-order valence-corrected chi connectivity index (χ0v) is 10.1. The number of carbonyl (C=O) groups is 2. The van der Waals surface area contributed by atoms with E-state index in [9.17, 15) is 9.59 Å². The molecule has 1 fully saturated rings. The van der Waals surface area contributed by atoms with Gasteiger partial charge in [-0.25, -0.2) is 0 Å². The Bertz CT molecular complexity index is 283. The van der Waals surface area contributed by atoms with Crippen molar-refractivity contribution in [3.05, 3.63) is 0 Å². The van der Waals surface area contributed by atoms with Crippen LogP contribution < -0.4 is 5.73 Å². The van der Waals surface area contributed by atoms with E-state index in [4.69, 9.17) is 15.6 Å². The SMILES string of the molecule is CCOC(CN)CC(=O)N1CCC(C(=O)O)C1. The third-order valence-corrected chi connectivity index (χ3v) is 2.96. The molecule has 2 atom stereocenters. The zero-order chi connectivity index (χ0) is 12.8. The van der Waals surface area contributed by atoms with Crippen LogP contribution in [0.3, 0.4) is 0 Å². The second-order valence-electron chi connectivity index (χ2n) is 4.18. The summed E-state index contributed by atoms with van der Waals surface area (Å²) < 4.78 is 5.31. The molecule has 1 aliphatic heterocycles. The minimum atomic E-state index is -0.833. The number of nitrogens with two attached hydrogens (primary N) is 1. The largest absolute Gasteiger partial charge is 0.481 e. The Morgan fingerprint density at radius 1 is 1.59 bits per heavy atom. The Morgan fingerprint density at radius 2 is 2.29 bits per heavy atom. The van der Waals surface area contributed by atoms with Crippen molar-refractivity contribution < 1.29 is 19.4 Å². The lowest BCUT2D eigenvalue weighted by Crippen LogP contribution is -2.35. The van der Waals surface area contributed by atoms with Crippen LogP contribution in [0.15, 0.2) is 0 Å². The lowest BCUT2D eigenvalue weighted by atomic mass is 10.1. The number of carboxylic acids is 1. The van der Waals surface area contributed by atoms with Gasteiger partial charge >= 0.3 is 5.97 Å². The summed E-state index contributed by atoms with van der Waals surface area (Å²) in [6.45, 7) is 3.49. The average Bonchev–Trinajstić information content (AvgIpc) is 2.77. The Labute approximate surface area is 101 Å². The molecule has 0 radical (unpaired) electrons. The minimum Gasteiger partial charge on any atom is -0.481 e. The fourth-order valence-electron chi connectivity index (χ4n) is 1.96. The maximum absolute atomic E-state index is 11.9. The van der Waals surface area contributed by atoms with Crippen LogP contribution in [-0.4, -0.2) is 54.2 Å². The summed E-state index contributed by atoms with van der Waals surface area (Å²) >= 11 is 0. The average molecular weight is 244 g/mol. The van der Waals surface area contributed by atoms with Crippen LogP contribution in [0.1, 0.15) is 19.8 Å². The molecule has 1 heterocycles. The van der Waals surface area contributed by atoms with Crippen LogP contribution in [0.4, 0.5) is 0 Å². The maximum atomic E-state index is 11.9. The lowest BCUT2D eigenvalue weighted by Gasteiger charge is -2.20. The number of carbonyl (C=O) groups excluding carboxylic acids is 1. The summed E-state index contributed by atoms with van der Waals surface area (Å²) in [6, 6.07) is 0. The van der Waals surface area contributed by atoms with Gasteiger partial charge in [-0.15, -0.1) is 0 Å². The molecule has 0 bridgehead atoms. The number of amides is 1. The summed E-state index contributed by atoms with van der Waals surface area (Å²) in [6.07, 6.45) is 0.496. The van der Waals surface area contributed by atoms with Crippen molar-refractivity contribution in [2.45, 2.75) is 25.9 Å². The Kier molecular flexibility index (Phi) is 5.37. The van der Waals surface area contributed by atoms with Gasteiger partial charge in [-0.05, 0) is 13.3 Å². The third-order valence-electron chi connectivity index (χ3n) is 2.96. The highest BCUT2D eigenvalue weighted by Crippen LogP contribution is 2.17. The Balaban J connectivity index is 2.41. The lowest BCUT2D eigenvalue weighted by molar-refractivity contribution is -0.141. The predicted molar refractivity (Wildman–Crippen MR) is 61.4 cm³/mol. The summed E-state index contributed by atoms with van der Waals surface area (Å²) in [4.78, 5) is 24.2. The van der Waals surface area contributed by atoms with Gasteiger partial charge in [-0.2, -0.15) is 0 Å². The molecule has 0 saturated carbocycles. The first kappa shape index (κ1) is 13.9. The highest BCUT2D eigenvalue weighted by molar-refractivity contribution is 5.79. The maximum Gasteiger partial charge on any atom is 0.308 e. The second kappa shape index (κ2) is 6.56. The van der Waals surface area contributed by atoms with Gasteiger partial charge in [0.25, 0.3) is 0 Å². The number of aliphatic carboxylic acids is 1. The van der Waals surface area contributed by atoms with E-state index in [1.54, 1.807) is 4.90 Å². The van der Waals surface area contributed by atoms with Crippen molar-refractivity contribution in [2.24, 2.45) is 11.7 Å². The third kappa shape index (κ3) is 3.98. The number of rotatable bonds is 6. The topological polar surface area (TPSA) is 92.9 Å². The smallest absolute Gasteiger partial charge is 0.308 e. The molecule has 2 unspecified atom stereocenters. The number of nitrogens with zero attached hydrogens (tertiary/aromatic N) is 1. The quantitative estimate of drug-likeness (QED) is 0.667. The fourth-order valence-corrected chi connectivity index (χ4v) is 1.96. The predicted octanol–water partition coefficient (Wildman–Crippen LogP) is -0.327. The van der Waals surface area contributed by atoms with Gasteiger partial charge in [0.1, 0.15) is 0 Å². The van der Waals surface area contributed by atoms with Crippen LogP contribution in [0.25, 0.3) is 0 Å². The molecule has 3 N–H and O–H groups in total. The molecule has 6 heteroatoms. The molecule has 1 aliphatic rings. The number of hydrogen-bond acceptors (Lipinski definition) is 4. The first-order valence-electron chi connectivity index (χ1n) is 5.90. The van der Waals surface area contributed by atoms with E-state index in [-0.39, 0.29) is 18.4 Å². The first-order valence-corrected chi connectivity index (χ1v) is 5.90. The summed E-state index contributed by atoms with van der Waals surface area (Å²) in [5, 5.41) is 8.84. The van der Waals surface area contributed by atoms with Crippen LogP contribution in [0.2, 0.25) is 0 Å². The van der Waals surface area contributed by atoms with Crippen molar-refractivity contribution in [3.63, 3.8) is 0 Å². The molecule has 1 amide bonds. The first-order chi connectivity index (χ1) is 8.08. The van der Waals surface area contributed by atoms with Crippen molar-refractivity contribution in [2.75, 3.05) is 26.2 Å². The van der Waals surface area contributed by atoms with Crippen molar-refractivity contribution in [1.29, 1.82) is 0 Å². The van der Waals surface area contributed by atoms with Crippen molar-refractivity contribution >= 4 is 11.9 Å². The van der Waals surface area contributed by atoms with E-state index in [1.165, 1.54) is 0 Å². The summed E-state index contributed by atoms with van der Waals surface area (Å²) in [5.74, 6) is -1.33.